The zero-order chi connectivity index (χ0) is 18.9. The van der Waals surface area contributed by atoms with Crippen LogP contribution in [-0.4, -0.2) is 26.6 Å². The molecule has 0 spiro atoms. The Morgan fingerprint density at radius 2 is 2.15 bits per heavy atom. The molecule has 9 heteroatoms. The van der Waals surface area contributed by atoms with Crippen LogP contribution in [0.3, 0.4) is 0 Å². The van der Waals surface area contributed by atoms with Crippen LogP contribution in [0.2, 0.25) is 0 Å². The highest BCUT2D eigenvalue weighted by Crippen LogP contribution is 2.38. The first-order valence-electron chi connectivity index (χ1n) is 7.60. The number of anilines is 3. The van der Waals surface area contributed by atoms with Crippen molar-refractivity contribution in [3.8, 4) is 6.07 Å². The van der Waals surface area contributed by atoms with E-state index in [1.807, 2.05) is 0 Å². The number of hydrogen-bond donors (Lipinski definition) is 2. The normalized spacial score (nSPS) is 11.2. The van der Waals surface area contributed by atoms with Crippen LogP contribution in [0, 0.1) is 11.3 Å². The fraction of sp³-hybridized carbons (Fsp3) is 0.176. The number of allylic oxidation sites excluding steroid dienone is 1. The lowest BCUT2D eigenvalue weighted by molar-refractivity contribution is 0.0387. The highest BCUT2D eigenvalue weighted by atomic mass is 19.3. The lowest BCUT2D eigenvalue weighted by Crippen LogP contribution is -2.18. The second kappa shape index (κ2) is 6.40. The van der Waals surface area contributed by atoms with E-state index in [9.17, 15) is 8.78 Å². The molecule has 3 rings (SSSR count). The van der Waals surface area contributed by atoms with E-state index in [0.717, 1.165) is 6.20 Å². The molecule has 0 aliphatic heterocycles. The fourth-order valence-corrected chi connectivity index (χ4v) is 2.36. The third kappa shape index (κ3) is 2.93. The third-order valence-electron chi connectivity index (χ3n) is 3.80. The predicted octanol–water partition coefficient (Wildman–Crippen LogP) is 3.45. The van der Waals surface area contributed by atoms with Crippen LogP contribution >= 0.6 is 0 Å². The molecule has 0 bridgehead atoms. The minimum Gasteiger partial charge on any atom is -0.373 e. The van der Waals surface area contributed by atoms with E-state index >= 15 is 0 Å². The Labute approximate surface area is 148 Å². The van der Waals surface area contributed by atoms with Gasteiger partial charge in [0.25, 0.3) is 5.92 Å². The maximum atomic E-state index is 14.2. The summed E-state index contributed by atoms with van der Waals surface area (Å²) in [7, 11) is 1.50. The van der Waals surface area contributed by atoms with Crippen molar-refractivity contribution in [2.24, 2.45) is 0 Å². The Kier molecular flexibility index (Phi) is 4.26. The molecule has 0 aromatic carbocycles. The third-order valence-corrected chi connectivity index (χ3v) is 3.80. The number of halogens is 2. The van der Waals surface area contributed by atoms with Crippen molar-refractivity contribution >= 4 is 23.0 Å². The van der Waals surface area contributed by atoms with Crippen molar-refractivity contribution in [3.63, 3.8) is 0 Å². The summed E-state index contributed by atoms with van der Waals surface area (Å²) in [6.45, 7) is 4.57. The molecule has 0 amide bonds. The first-order valence-corrected chi connectivity index (χ1v) is 7.60. The molecule has 0 aliphatic carbocycles. The average Bonchev–Trinajstić information content (AvgIpc) is 3.03. The van der Waals surface area contributed by atoms with Crippen molar-refractivity contribution in [2.75, 3.05) is 17.7 Å². The van der Waals surface area contributed by atoms with E-state index in [0.29, 0.717) is 16.8 Å². The molecule has 0 atom stereocenters. The molecule has 0 aliphatic rings. The van der Waals surface area contributed by atoms with Crippen molar-refractivity contribution < 1.29 is 8.78 Å². The summed E-state index contributed by atoms with van der Waals surface area (Å²) >= 11 is 0. The van der Waals surface area contributed by atoms with E-state index in [4.69, 9.17) is 5.26 Å². The number of nitriles is 1. The number of pyridine rings is 1. The van der Waals surface area contributed by atoms with Crippen molar-refractivity contribution in [1.82, 2.24) is 19.6 Å². The monoisotopic (exact) mass is 355 g/mol. The van der Waals surface area contributed by atoms with Crippen LogP contribution in [0.1, 0.15) is 18.1 Å². The van der Waals surface area contributed by atoms with Gasteiger partial charge >= 0.3 is 0 Å². The van der Waals surface area contributed by atoms with Gasteiger partial charge in [-0.2, -0.15) is 24.1 Å². The van der Waals surface area contributed by atoms with Crippen LogP contribution in [0.5, 0.6) is 0 Å². The maximum Gasteiger partial charge on any atom is 0.299 e. The number of alkyl halides is 2. The number of nitrogens with zero attached hydrogens (tertiary/aromatic N) is 5. The van der Waals surface area contributed by atoms with Gasteiger partial charge in [-0.05, 0) is 24.6 Å². The smallest absolute Gasteiger partial charge is 0.299 e. The van der Waals surface area contributed by atoms with Crippen LogP contribution in [0.25, 0.3) is 5.52 Å². The Morgan fingerprint density at radius 3 is 2.81 bits per heavy atom. The molecular formula is C17H15F2N7. The summed E-state index contributed by atoms with van der Waals surface area (Å²) < 4.78 is 30.1. The van der Waals surface area contributed by atoms with E-state index < -0.39 is 5.92 Å². The summed E-state index contributed by atoms with van der Waals surface area (Å²) in [5.41, 5.74) is 0.988. The molecule has 26 heavy (non-hydrogen) atoms. The summed E-state index contributed by atoms with van der Waals surface area (Å²) in [6, 6.07) is 5.33. The quantitative estimate of drug-likeness (QED) is 0.681. The zero-order valence-corrected chi connectivity index (χ0v) is 14.1. The van der Waals surface area contributed by atoms with Crippen LogP contribution in [-0.2, 0) is 5.92 Å². The van der Waals surface area contributed by atoms with E-state index in [1.165, 1.54) is 20.2 Å². The van der Waals surface area contributed by atoms with Gasteiger partial charge in [-0.1, -0.05) is 6.58 Å². The summed E-state index contributed by atoms with van der Waals surface area (Å²) in [5, 5.41) is 18.8. The van der Waals surface area contributed by atoms with E-state index in [1.54, 1.807) is 22.8 Å². The minimum atomic E-state index is -3.25. The molecule has 0 saturated heterocycles. The van der Waals surface area contributed by atoms with Gasteiger partial charge in [-0.25, -0.2) is 9.50 Å². The van der Waals surface area contributed by atoms with Crippen molar-refractivity contribution in [1.29, 1.82) is 5.26 Å². The van der Waals surface area contributed by atoms with E-state index in [2.05, 4.69) is 38.3 Å². The van der Waals surface area contributed by atoms with Gasteiger partial charge in [-0.15, -0.1) is 0 Å². The standard InChI is InChI=1S/C17H15F2N7/c1-10(2)17(18,19)12-8-22-16(25-15(12)21-3)24-13-9-23-26-5-4-11(7-20)6-14(13)26/h4-6,8-9H,1H2,2-3H3,(H2,21,22,24,25). The second-order valence-electron chi connectivity index (χ2n) is 5.60. The number of hydrogen-bond acceptors (Lipinski definition) is 6. The van der Waals surface area contributed by atoms with Gasteiger partial charge in [0.05, 0.1) is 34.6 Å². The van der Waals surface area contributed by atoms with Crippen LogP contribution in [0.15, 0.2) is 42.9 Å². The molecule has 0 fully saturated rings. The maximum absolute atomic E-state index is 14.2. The van der Waals surface area contributed by atoms with Crippen LogP contribution in [0.4, 0.5) is 26.2 Å². The second-order valence-corrected chi connectivity index (χ2v) is 5.60. The zero-order valence-electron chi connectivity index (χ0n) is 14.1. The van der Waals surface area contributed by atoms with Gasteiger partial charge in [0.2, 0.25) is 5.95 Å². The van der Waals surface area contributed by atoms with Gasteiger partial charge < -0.3 is 10.6 Å². The summed E-state index contributed by atoms with van der Waals surface area (Å²) in [6.07, 6.45) is 4.24. The largest absolute Gasteiger partial charge is 0.373 e. The molecule has 3 heterocycles. The molecule has 7 nitrogen and oxygen atoms in total. The molecule has 0 unspecified atom stereocenters. The van der Waals surface area contributed by atoms with Crippen LogP contribution < -0.4 is 10.6 Å². The summed E-state index contributed by atoms with van der Waals surface area (Å²) in [5.74, 6) is -3.14. The lowest BCUT2D eigenvalue weighted by atomic mass is 10.1. The molecule has 3 aromatic heterocycles. The van der Waals surface area contributed by atoms with Crippen molar-refractivity contribution in [2.45, 2.75) is 12.8 Å². The predicted molar refractivity (Wildman–Crippen MR) is 93.5 cm³/mol. The molecular weight excluding hydrogens is 340 g/mol. The lowest BCUT2D eigenvalue weighted by Gasteiger charge is -2.19. The molecule has 0 saturated carbocycles. The molecule has 132 valence electrons. The first kappa shape index (κ1) is 17.3. The Hall–Kier alpha value is -3.54. The van der Waals surface area contributed by atoms with Gasteiger partial charge in [0.15, 0.2) is 0 Å². The summed E-state index contributed by atoms with van der Waals surface area (Å²) in [4.78, 5) is 8.08. The van der Waals surface area contributed by atoms with Gasteiger partial charge in [0, 0.05) is 19.4 Å². The van der Waals surface area contributed by atoms with E-state index in [-0.39, 0.29) is 22.9 Å². The molecule has 3 aromatic rings. The molecule has 0 radical (unpaired) electrons. The van der Waals surface area contributed by atoms with Gasteiger partial charge in [-0.3, -0.25) is 0 Å². The number of nitrogens with one attached hydrogen (secondary N) is 2. The first-order chi connectivity index (χ1) is 12.4. The highest BCUT2D eigenvalue weighted by molar-refractivity contribution is 5.76. The average molecular weight is 355 g/mol. The number of rotatable bonds is 5. The molecule has 2 N–H and O–H groups in total. The number of fused-ring (bicyclic) bond motifs is 1. The Morgan fingerprint density at radius 1 is 1.38 bits per heavy atom. The topological polar surface area (TPSA) is 90.9 Å². The minimum absolute atomic E-state index is 0.00955. The van der Waals surface area contributed by atoms with Crippen molar-refractivity contribution in [3.05, 3.63) is 54.0 Å². The SMILES string of the molecule is C=C(C)C(F)(F)c1cnc(Nc2cnn3ccc(C#N)cc23)nc1NC. The fourth-order valence-electron chi connectivity index (χ4n) is 2.36. The Bertz CT molecular complexity index is 1030. The number of aromatic nitrogens is 4. The highest BCUT2D eigenvalue weighted by Gasteiger charge is 2.36. The Balaban J connectivity index is 1.99. The van der Waals surface area contributed by atoms with Gasteiger partial charge in [0.1, 0.15) is 5.82 Å².